The molecule has 2 amide bonds. The molecule has 1 saturated heterocycles. The van der Waals surface area contributed by atoms with Crippen LogP contribution in [-0.2, 0) is 0 Å². The zero-order valence-corrected chi connectivity index (χ0v) is 19.4. The number of pyridine rings is 2. The fourth-order valence-corrected chi connectivity index (χ4v) is 3.97. The van der Waals surface area contributed by atoms with Crippen molar-refractivity contribution in [3.8, 4) is 0 Å². The summed E-state index contributed by atoms with van der Waals surface area (Å²) in [4.78, 5) is 37.9. The molecule has 3 heterocycles. The smallest absolute Gasteiger partial charge is 0.258 e. The summed E-state index contributed by atoms with van der Waals surface area (Å²) in [6.07, 6.45) is 3.10. The third kappa shape index (κ3) is 5.60. The van der Waals surface area contributed by atoms with Crippen molar-refractivity contribution in [1.29, 1.82) is 0 Å². The second-order valence-electron chi connectivity index (χ2n) is 7.63. The zero-order valence-electron chi connectivity index (χ0n) is 17.9. The van der Waals surface area contributed by atoms with Gasteiger partial charge in [0.2, 0.25) is 0 Å². The number of likely N-dealkylation sites (N-methyl/N-ethyl adjacent to an activating group) is 1. The Morgan fingerprint density at radius 3 is 2.33 bits per heavy atom. The molecule has 1 fully saturated rings. The molecule has 2 aromatic heterocycles. The van der Waals surface area contributed by atoms with Gasteiger partial charge in [-0.1, -0.05) is 29.3 Å². The summed E-state index contributed by atoms with van der Waals surface area (Å²) in [6, 6.07) is 11.7. The number of benzene rings is 1. The molecule has 10 heteroatoms. The van der Waals surface area contributed by atoms with Crippen molar-refractivity contribution in [2.45, 2.75) is 0 Å². The molecule has 0 unspecified atom stereocenters. The quantitative estimate of drug-likeness (QED) is 0.564. The van der Waals surface area contributed by atoms with Gasteiger partial charge in [0.15, 0.2) is 0 Å². The van der Waals surface area contributed by atoms with Gasteiger partial charge in [0.05, 0.1) is 21.2 Å². The van der Waals surface area contributed by atoms with Gasteiger partial charge in [0.25, 0.3) is 11.8 Å². The standard InChI is InChI=1S/C23H22Cl2N6O2/c1-30-9-11-31(12-10-30)23(33)15-5-6-19(27-14-15)29-20-13-16(7-8-26-20)28-22(32)21-17(24)3-2-4-18(21)25/h2-8,13-14H,9-12H2,1H3,(H2,26,27,28,29,32). The number of anilines is 3. The van der Waals surface area contributed by atoms with Crippen molar-refractivity contribution >= 4 is 52.3 Å². The molecule has 1 aliphatic heterocycles. The predicted molar refractivity (Wildman–Crippen MR) is 130 cm³/mol. The monoisotopic (exact) mass is 484 g/mol. The molecule has 0 radical (unpaired) electrons. The number of amides is 2. The molecule has 33 heavy (non-hydrogen) atoms. The minimum Gasteiger partial charge on any atom is -0.336 e. The highest BCUT2D eigenvalue weighted by atomic mass is 35.5. The van der Waals surface area contributed by atoms with Gasteiger partial charge in [-0.25, -0.2) is 9.97 Å². The van der Waals surface area contributed by atoms with Crippen molar-refractivity contribution in [2.75, 3.05) is 43.9 Å². The third-order valence-electron chi connectivity index (χ3n) is 5.26. The molecule has 3 aromatic rings. The Morgan fingerprint density at radius 2 is 1.67 bits per heavy atom. The number of aromatic nitrogens is 2. The zero-order chi connectivity index (χ0) is 23.4. The molecule has 8 nitrogen and oxygen atoms in total. The lowest BCUT2D eigenvalue weighted by Crippen LogP contribution is -2.47. The first-order valence-corrected chi connectivity index (χ1v) is 11.1. The summed E-state index contributed by atoms with van der Waals surface area (Å²) < 4.78 is 0. The number of hydrogen-bond acceptors (Lipinski definition) is 6. The lowest BCUT2D eigenvalue weighted by atomic mass is 10.2. The van der Waals surface area contributed by atoms with Crippen LogP contribution in [0, 0.1) is 0 Å². The fraction of sp³-hybridized carbons (Fsp3) is 0.217. The van der Waals surface area contributed by atoms with Gasteiger partial charge in [-0.05, 0) is 37.4 Å². The highest BCUT2D eigenvalue weighted by molar-refractivity contribution is 6.40. The Bertz CT molecular complexity index is 1140. The molecule has 4 rings (SSSR count). The Balaban J connectivity index is 1.41. The third-order valence-corrected chi connectivity index (χ3v) is 5.89. The van der Waals surface area contributed by atoms with Crippen LogP contribution in [0.2, 0.25) is 10.0 Å². The van der Waals surface area contributed by atoms with E-state index < -0.39 is 5.91 Å². The largest absolute Gasteiger partial charge is 0.336 e. The van der Waals surface area contributed by atoms with E-state index in [0.29, 0.717) is 36.0 Å². The minimum atomic E-state index is -0.423. The topological polar surface area (TPSA) is 90.5 Å². The summed E-state index contributed by atoms with van der Waals surface area (Å²) in [6.45, 7) is 3.13. The van der Waals surface area contributed by atoms with E-state index in [0.717, 1.165) is 13.1 Å². The van der Waals surface area contributed by atoms with Crippen molar-refractivity contribution in [3.63, 3.8) is 0 Å². The van der Waals surface area contributed by atoms with Crippen molar-refractivity contribution < 1.29 is 9.59 Å². The molecule has 170 valence electrons. The summed E-state index contributed by atoms with van der Waals surface area (Å²) in [5, 5.41) is 6.38. The van der Waals surface area contributed by atoms with E-state index in [-0.39, 0.29) is 21.5 Å². The average molecular weight is 485 g/mol. The summed E-state index contributed by atoms with van der Waals surface area (Å²) in [5.41, 5.74) is 1.25. The van der Waals surface area contributed by atoms with Crippen LogP contribution < -0.4 is 10.6 Å². The Kier molecular flexibility index (Phi) is 7.08. The Morgan fingerprint density at radius 1 is 0.939 bits per heavy atom. The normalized spacial score (nSPS) is 14.1. The summed E-state index contributed by atoms with van der Waals surface area (Å²) >= 11 is 12.2. The lowest BCUT2D eigenvalue weighted by molar-refractivity contribution is 0.0663. The number of carbonyl (C=O) groups is 2. The number of halogens is 2. The number of hydrogen-bond donors (Lipinski definition) is 2. The molecule has 2 N–H and O–H groups in total. The molecular formula is C23H22Cl2N6O2. The van der Waals surface area contributed by atoms with E-state index in [4.69, 9.17) is 23.2 Å². The van der Waals surface area contributed by atoms with E-state index in [1.807, 2.05) is 11.9 Å². The fourth-order valence-electron chi connectivity index (χ4n) is 3.40. The van der Waals surface area contributed by atoms with Gasteiger partial charge in [0.1, 0.15) is 11.6 Å². The number of rotatable bonds is 5. The van der Waals surface area contributed by atoms with E-state index >= 15 is 0 Å². The van der Waals surface area contributed by atoms with Crippen molar-refractivity contribution in [3.05, 3.63) is 76.0 Å². The van der Waals surface area contributed by atoms with Crippen molar-refractivity contribution in [2.24, 2.45) is 0 Å². The van der Waals surface area contributed by atoms with Crippen LogP contribution in [0.5, 0.6) is 0 Å². The Labute approximate surface area is 201 Å². The SMILES string of the molecule is CN1CCN(C(=O)c2ccc(Nc3cc(NC(=O)c4c(Cl)cccc4Cl)ccn3)nc2)CC1. The van der Waals surface area contributed by atoms with Crippen molar-refractivity contribution in [1.82, 2.24) is 19.8 Å². The van der Waals surface area contributed by atoms with Crippen LogP contribution in [0.15, 0.2) is 54.9 Å². The predicted octanol–water partition coefficient (Wildman–Crippen LogP) is 4.17. The maximum atomic E-state index is 12.7. The van der Waals surface area contributed by atoms with E-state index in [1.165, 1.54) is 0 Å². The number of nitrogens with one attached hydrogen (secondary N) is 2. The highest BCUT2D eigenvalue weighted by Gasteiger charge is 2.20. The first-order valence-electron chi connectivity index (χ1n) is 10.3. The van der Waals surface area contributed by atoms with Gasteiger partial charge in [0, 0.05) is 50.3 Å². The van der Waals surface area contributed by atoms with Gasteiger partial charge < -0.3 is 20.4 Å². The molecule has 0 bridgehead atoms. The number of piperazine rings is 1. The van der Waals surface area contributed by atoms with Crippen LogP contribution in [0.25, 0.3) is 0 Å². The maximum Gasteiger partial charge on any atom is 0.258 e. The molecule has 0 atom stereocenters. The second kappa shape index (κ2) is 10.2. The van der Waals surface area contributed by atoms with Gasteiger partial charge >= 0.3 is 0 Å². The molecule has 0 aliphatic carbocycles. The maximum absolute atomic E-state index is 12.7. The lowest BCUT2D eigenvalue weighted by Gasteiger charge is -2.32. The van der Waals surface area contributed by atoms with Crippen LogP contribution in [0.3, 0.4) is 0 Å². The van der Waals surface area contributed by atoms with E-state index in [9.17, 15) is 9.59 Å². The van der Waals surface area contributed by atoms with E-state index in [2.05, 4.69) is 25.5 Å². The molecule has 1 aliphatic rings. The van der Waals surface area contributed by atoms with Gasteiger partial charge in [-0.2, -0.15) is 0 Å². The van der Waals surface area contributed by atoms with Gasteiger partial charge in [-0.15, -0.1) is 0 Å². The molecular weight excluding hydrogens is 463 g/mol. The minimum absolute atomic E-state index is 0.0248. The average Bonchev–Trinajstić information content (AvgIpc) is 2.80. The highest BCUT2D eigenvalue weighted by Crippen LogP contribution is 2.26. The van der Waals surface area contributed by atoms with Crippen LogP contribution in [0.1, 0.15) is 20.7 Å². The number of carbonyl (C=O) groups excluding carboxylic acids is 2. The molecule has 1 aromatic carbocycles. The van der Waals surface area contributed by atoms with Crippen LogP contribution in [-0.4, -0.2) is 64.8 Å². The number of nitrogens with zero attached hydrogens (tertiary/aromatic N) is 4. The summed E-state index contributed by atoms with van der Waals surface area (Å²) in [7, 11) is 2.05. The second-order valence-corrected chi connectivity index (χ2v) is 8.45. The Hall–Kier alpha value is -3.20. The molecule has 0 spiro atoms. The molecule has 0 saturated carbocycles. The summed E-state index contributed by atoms with van der Waals surface area (Å²) in [5.74, 6) is 0.551. The van der Waals surface area contributed by atoms with Crippen LogP contribution >= 0.6 is 23.2 Å². The van der Waals surface area contributed by atoms with E-state index in [1.54, 1.807) is 54.9 Å². The first-order chi connectivity index (χ1) is 15.9. The van der Waals surface area contributed by atoms with Gasteiger partial charge in [-0.3, -0.25) is 9.59 Å². The van der Waals surface area contributed by atoms with Crippen LogP contribution in [0.4, 0.5) is 17.3 Å². The first kappa shape index (κ1) is 23.0.